The van der Waals surface area contributed by atoms with Crippen molar-refractivity contribution in [1.82, 2.24) is 15.2 Å². The lowest BCUT2D eigenvalue weighted by molar-refractivity contribution is -0.129. The molecule has 1 N–H and O–H groups in total. The topological polar surface area (TPSA) is 54.5 Å². The van der Waals surface area contributed by atoms with Crippen LogP contribution in [0.15, 0.2) is 24.5 Å². The summed E-state index contributed by atoms with van der Waals surface area (Å²) in [6.07, 6.45) is 8.33. The molecule has 0 radical (unpaired) electrons. The number of carbonyl (C=O) groups excluding carboxylic acids is 1. The first-order valence-corrected chi connectivity index (χ1v) is 8.35. The third kappa shape index (κ3) is 2.88. The van der Waals surface area contributed by atoms with E-state index in [9.17, 15) is 4.79 Å². The minimum Gasteiger partial charge on any atom is -0.371 e. The second-order valence-corrected chi connectivity index (χ2v) is 6.82. The van der Waals surface area contributed by atoms with Crippen LogP contribution >= 0.6 is 0 Å². The van der Waals surface area contributed by atoms with Gasteiger partial charge in [-0.05, 0) is 43.4 Å². The van der Waals surface area contributed by atoms with E-state index >= 15 is 0 Å². The Bertz CT molecular complexity index is 532. The fourth-order valence-corrected chi connectivity index (χ4v) is 3.75. The van der Waals surface area contributed by atoms with Crippen molar-refractivity contribution in [3.8, 4) is 0 Å². The van der Waals surface area contributed by atoms with E-state index in [0.717, 1.165) is 38.9 Å². The summed E-state index contributed by atoms with van der Waals surface area (Å²) in [5, 5.41) is 3.19. The molecule has 3 atom stereocenters. The molecule has 1 aliphatic carbocycles. The molecule has 1 saturated carbocycles. The Balaban J connectivity index is 1.36. The number of hydrogen-bond acceptors (Lipinski definition) is 4. The molecule has 0 aromatic carbocycles. The molecule has 3 heterocycles. The van der Waals surface area contributed by atoms with Crippen molar-refractivity contribution in [3.63, 3.8) is 0 Å². The van der Waals surface area contributed by atoms with E-state index in [1.165, 1.54) is 12.0 Å². The molecule has 3 fully saturated rings. The fourth-order valence-electron chi connectivity index (χ4n) is 3.75. The number of morpholine rings is 1. The van der Waals surface area contributed by atoms with Gasteiger partial charge in [-0.1, -0.05) is 0 Å². The minimum absolute atomic E-state index is 0.0352. The average Bonchev–Trinajstić information content (AvgIpc) is 2.79. The van der Waals surface area contributed by atoms with Crippen LogP contribution in [0.5, 0.6) is 0 Å². The summed E-state index contributed by atoms with van der Waals surface area (Å²) < 4.78 is 6.02. The number of nitrogens with zero attached hydrogens (tertiary/aromatic N) is 2. The molecule has 5 heteroatoms. The molecular weight excluding hydrogens is 278 g/mol. The SMILES string of the molecule is O=C(NC1CCC1)[C@H]1C[C@H]2CN(Cc3ccncc3)C[C@H]1O2. The average molecular weight is 301 g/mol. The maximum absolute atomic E-state index is 12.4. The van der Waals surface area contributed by atoms with Crippen LogP contribution in [0.2, 0.25) is 0 Å². The predicted molar refractivity (Wildman–Crippen MR) is 82.1 cm³/mol. The lowest BCUT2D eigenvalue weighted by Crippen LogP contribution is -2.47. The lowest BCUT2D eigenvalue weighted by Gasteiger charge is -2.33. The molecule has 4 rings (SSSR count). The van der Waals surface area contributed by atoms with E-state index < -0.39 is 0 Å². The number of pyridine rings is 1. The minimum atomic E-state index is 0.0352. The number of nitrogens with one attached hydrogen (secondary N) is 1. The smallest absolute Gasteiger partial charge is 0.226 e. The molecule has 1 aromatic rings. The van der Waals surface area contributed by atoms with Crippen molar-refractivity contribution < 1.29 is 9.53 Å². The molecular formula is C17H23N3O2. The lowest BCUT2D eigenvalue weighted by atomic mass is 9.91. The zero-order valence-electron chi connectivity index (χ0n) is 12.8. The number of amides is 1. The van der Waals surface area contributed by atoms with E-state index in [2.05, 4.69) is 27.3 Å². The van der Waals surface area contributed by atoms with Gasteiger partial charge in [-0.3, -0.25) is 14.7 Å². The number of aromatic nitrogens is 1. The van der Waals surface area contributed by atoms with Gasteiger partial charge in [0.1, 0.15) is 0 Å². The van der Waals surface area contributed by atoms with Gasteiger partial charge in [0.05, 0.1) is 18.1 Å². The van der Waals surface area contributed by atoms with Crippen molar-refractivity contribution >= 4 is 5.91 Å². The van der Waals surface area contributed by atoms with Crippen molar-refractivity contribution in [2.24, 2.45) is 5.92 Å². The van der Waals surface area contributed by atoms with Crippen molar-refractivity contribution in [1.29, 1.82) is 0 Å². The van der Waals surface area contributed by atoms with Crippen LogP contribution in [0.25, 0.3) is 0 Å². The van der Waals surface area contributed by atoms with Crippen LogP contribution in [-0.2, 0) is 16.1 Å². The largest absolute Gasteiger partial charge is 0.371 e. The highest BCUT2D eigenvalue weighted by Crippen LogP contribution is 2.33. The first kappa shape index (κ1) is 14.2. The van der Waals surface area contributed by atoms with E-state index in [0.29, 0.717) is 6.04 Å². The highest BCUT2D eigenvalue weighted by molar-refractivity contribution is 5.80. The predicted octanol–water partition coefficient (Wildman–Crippen LogP) is 1.34. The third-order valence-corrected chi connectivity index (χ3v) is 5.18. The van der Waals surface area contributed by atoms with Crippen molar-refractivity contribution in [2.45, 2.75) is 50.5 Å². The number of rotatable bonds is 4. The number of carbonyl (C=O) groups is 1. The zero-order valence-corrected chi connectivity index (χ0v) is 12.8. The molecule has 2 bridgehead atoms. The van der Waals surface area contributed by atoms with Gasteiger partial charge in [0.15, 0.2) is 0 Å². The van der Waals surface area contributed by atoms with Gasteiger partial charge < -0.3 is 10.1 Å². The van der Waals surface area contributed by atoms with Gasteiger partial charge in [0.25, 0.3) is 0 Å². The zero-order chi connectivity index (χ0) is 14.9. The van der Waals surface area contributed by atoms with E-state index in [1.54, 1.807) is 0 Å². The van der Waals surface area contributed by atoms with Crippen LogP contribution in [0.3, 0.4) is 0 Å². The molecule has 1 amide bonds. The third-order valence-electron chi connectivity index (χ3n) is 5.18. The first-order chi connectivity index (χ1) is 10.8. The summed E-state index contributed by atoms with van der Waals surface area (Å²) in [4.78, 5) is 18.9. The van der Waals surface area contributed by atoms with E-state index in [4.69, 9.17) is 4.74 Å². The van der Waals surface area contributed by atoms with Crippen LogP contribution in [0.4, 0.5) is 0 Å². The Hall–Kier alpha value is -1.46. The van der Waals surface area contributed by atoms with Crippen molar-refractivity contribution in [2.75, 3.05) is 13.1 Å². The Morgan fingerprint density at radius 3 is 2.86 bits per heavy atom. The summed E-state index contributed by atoms with van der Waals surface area (Å²) in [7, 11) is 0. The summed E-state index contributed by atoms with van der Waals surface area (Å²) in [5.74, 6) is 0.246. The molecule has 118 valence electrons. The van der Waals surface area contributed by atoms with Gasteiger partial charge in [0.2, 0.25) is 5.91 Å². The fraction of sp³-hybridized carbons (Fsp3) is 0.647. The van der Waals surface area contributed by atoms with Crippen LogP contribution in [-0.4, -0.2) is 47.1 Å². The van der Waals surface area contributed by atoms with Gasteiger partial charge >= 0.3 is 0 Å². The second kappa shape index (κ2) is 5.97. The summed E-state index contributed by atoms with van der Waals surface area (Å²) in [6, 6.07) is 4.52. The highest BCUT2D eigenvalue weighted by atomic mass is 16.5. The quantitative estimate of drug-likeness (QED) is 0.912. The van der Waals surface area contributed by atoms with E-state index in [1.807, 2.05) is 12.4 Å². The van der Waals surface area contributed by atoms with Crippen LogP contribution < -0.4 is 5.32 Å². The molecule has 5 nitrogen and oxygen atoms in total. The molecule has 3 aliphatic rings. The second-order valence-electron chi connectivity index (χ2n) is 6.82. The summed E-state index contributed by atoms with van der Waals surface area (Å²) >= 11 is 0. The number of hydrogen-bond donors (Lipinski definition) is 1. The molecule has 2 saturated heterocycles. The Morgan fingerprint density at radius 1 is 1.32 bits per heavy atom. The first-order valence-electron chi connectivity index (χ1n) is 8.35. The number of likely N-dealkylation sites (tertiary alicyclic amines) is 1. The van der Waals surface area contributed by atoms with Gasteiger partial charge in [-0.25, -0.2) is 0 Å². The number of ether oxygens (including phenoxy) is 1. The molecule has 2 aliphatic heterocycles. The van der Waals surface area contributed by atoms with Crippen LogP contribution in [0.1, 0.15) is 31.2 Å². The molecule has 1 aromatic heterocycles. The maximum atomic E-state index is 12.4. The van der Waals surface area contributed by atoms with Gasteiger partial charge in [0, 0.05) is 38.1 Å². The molecule has 0 spiro atoms. The van der Waals surface area contributed by atoms with Crippen LogP contribution in [0, 0.1) is 5.92 Å². The standard InChI is InChI=1S/C17H23N3O2/c21-17(19-13-2-1-3-13)15-8-14-10-20(11-16(15)22-14)9-12-4-6-18-7-5-12/h4-7,13-16H,1-3,8-11H2,(H,19,21)/t14-,15-,16+/m0/s1. The Morgan fingerprint density at radius 2 is 2.14 bits per heavy atom. The summed E-state index contributed by atoms with van der Waals surface area (Å²) in [5.41, 5.74) is 1.27. The maximum Gasteiger partial charge on any atom is 0.226 e. The Labute approximate surface area is 131 Å². The molecule has 0 unspecified atom stereocenters. The van der Waals surface area contributed by atoms with E-state index in [-0.39, 0.29) is 24.0 Å². The van der Waals surface area contributed by atoms with Gasteiger partial charge in [-0.15, -0.1) is 0 Å². The van der Waals surface area contributed by atoms with Crippen molar-refractivity contribution in [3.05, 3.63) is 30.1 Å². The summed E-state index contributed by atoms with van der Waals surface area (Å²) in [6.45, 7) is 2.68. The highest BCUT2D eigenvalue weighted by Gasteiger charge is 2.45. The monoisotopic (exact) mass is 301 g/mol. The Kier molecular flexibility index (Phi) is 3.84. The number of fused-ring (bicyclic) bond motifs is 2. The van der Waals surface area contributed by atoms with Gasteiger partial charge in [-0.2, -0.15) is 0 Å². The molecule has 22 heavy (non-hydrogen) atoms. The normalized spacial score (nSPS) is 31.7.